The Hall–Kier alpha value is -3.32. The molecule has 1 unspecified atom stereocenters. The van der Waals surface area contributed by atoms with E-state index in [1.165, 1.54) is 7.11 Å². The lowest BCUT2D eigenvalue weighted by atomic mass is 10.0. The number of aryl methyl sites for hydroxylation is 1. The second-order valence-corrected chi connectivity index (χ2v) is 7.06. The maximum Gasteiger partial charge on any atom is 0.313 e. The molecule has 29 heavy (non-hydrogen) atoms. The molecule has 0 fully saturated rings. The van der Waals surface area contributed by atoms with Crippen molar-refractivity contribution in [2.75, 3.05) is 33.1 Å². The summed E-state index contributed by atoms with van der Waals surface area (Å²) in [7, 11) is 7.41. The van der Waals surface area contributed by atoms with Crippen molar-refractivity contribution in [3.63, 3.8) is 0 Å². The van der Waals surface area contributed by atoms with Crippen LogP contribution in [0.25, 0.3) is 10.9 Å². The number of amides is 2. The average molecular weight is 394 g/mol. The second-order valence-electron chi connectivity index (χ2n) is 7.06. The number of aromatic nitrogens is 1. The smallest absolute Gasteiger partial charge is 0.313 e. The maximum absolute atomic E-state index is 12.4. The van der Waals surface area contributed by atoms with Crippen LogP contribution in [0.5, 0.6) is 5.75 Å². The number of benzene rings is 2. The van der Waals surface area contributed by atoms with Gasteiger partial charge in [-0.15, -0.1) is 0 Å². The van der Waals surface area contributed by atoms with E-state index < -0.39 is 11.8 Å². The summed E-state index contributed by atoms with van der Waals surface area (Å²) in [4.78, 5) is 26.7. The number of para-hydroxylation sites is 3. The fourth-order valence-corrected chi connectivity index (χ4v) is 3.41. The highest BCUT2D eigenvalue weighted by Gasteiger charge is 2.22. The van der Waals surface area contributed by atoms with Crippen LogP contribution in [0.15, 0.2) is 54.7 Å². The molecule has 2 amide bonds. The number of hydrogen-bond acceptors (Lipinski definition) is 4. The molecule has 0 aliphatic rings. The van der Waals surface area contributed by atoms with Crippen LogP contribution >= 0.6 is 0 Å². The lowest BCUT2D eigenvalue weighted by Gasteiger charge is -2.24. The van der Waals surface area contributed by atoms with E-state index in [1.54, 1.807) is 24.3 Å². The summed E-state index contributed by atoms with van der Waals surface area (Å²) in [6, 6.07) is 15.0. The molecule has 0 radical (unpaired) electrons. The Labute approximate surface area is 170 Å². The third kappa shape index (κ3) is 4.41. The molecule has 7 heteroatoms. The summed E-state index contributed by atoms with van der Waals surface area (Å²) in [6.45, 7) is 0.305. The molecule has 2 N–H and O–H groups in total. The van der Waals surface area contributed by atoms with E-state index in [4.69, 9.17) is 4.74 Å². The Kier molecular flexibility index (Phi) is 6.19. The minimum Gasteiger partial charge on any atom is -0.495 e. The van der Waals surface area contributed by atoms with E-state index in [9.17, 15) is 9.59 Å². The van der Waals surface area contributed by atoms with Crippen LogP contribution in [0.4, 0.5) is 5.69 Å². The van der Waals surface area contributed by atoms with Crippen molar-refractivity contribution in [3.05, 3.63) is 60.3 Å². The minimum atomic E-state index is -0.732. The number of nitrogens with zero attached hydrogens (tertiary/aromatic N) is 2. The van der Waals surface area contributed by atoms with E-state index in [1.807, 2.05) is 38.2 Å². The van der Waals surface area contributed by atoms with Gasteiger partial charge < -0.3 is 24.8 Å². The molecule has 1 atom stereocenters. The molecular weight excluding hydrogens is 368 g/mol. The number of carbonyl (C=O) groups is 2. The normalized spacial score (nSPS) is 12.0. The topological polar surface area (TPSA) is 75.6 Å². The minimum absolute atomic E-state index is 0.0795. The summed E-state index contributed by atoms with van der Waals surface area (Å²) in [5, 5.41) is 6.47. The van der Waals surface area contributed by atoms with Crippen molar-refractivity contribution in [3.8, 4) is 5.75 Å². The predicted molar refractivity (Wildman–Crippen MR) is 114 cm³/mol. The summed E-state index contributed by atoms with van der Waals surface area (Å²) in [6.07, 6.45) is 2.07. The van der Waals surface area contributed by atoms with Gasteiger partial charge in [-0.1, -0.05) is 30.3 Å². The molecule has 0 aliphatic carbocycles. The van der Waals surface area contributed by atoms with Gasteiger partial charge in [-0.25, -0.2) is 0 Å². The zero-order chi connectivity index (χ0) is 21.0. The number of methoxy groups -OCH3 is 1. The van der Waals surface area contributed by atoms with Gasteiger partial charge in [-0.2, -0.15) is 0 Å². The first-order chi connectivity index (χ1) is 13.9. The first-order valence-corrected chi connectivity index (χ1v) is 9.35. The van der Waals surface area contributed by atoms with Gasteiger partial charge in [-0.05, 0) is 37.9 Å². The molecule has 1 heterocycles. The molecule has 0 saturated carbocycles. The highest BCUT2D eigenvalue weighted by Crippen LogP contribution is 2.28. The summed E-state index contributed by atoms with van der Waals surface area (Å²) >= 11 is 0. The SMILES string of the molecule is COc1ccccc1NC(=O)C(=O)NCC(c1cn(C)c2ccccc12)N(C)C. The van der Waals surface area contributed by atoms with Gasteiger partial charge in [0.15, 0.2) is 0 Å². The van der Waals surface area contributed by atoms with Crippen molar-refractivity contribution in [2.24, 2.45) is 7.05 Å². The van der Waals surface area contributed by atoms with Gasteiger partial charge in [0.05, 0.1) is 18.8 Å². The zero-order valence-corrected chi connectivity index (χ0v) is 17.1. The van der Waals surface area contributed by atoms with E-state index >= 15 is 0 Å². The van der Waals surface area contributed by atoms with Gasteiger partial charge in [0, 0.05) is 30.7 Å². The van der Waals surface area contributed by atoms with E-state index in [0.717, 1.165) is 16.5 Å². The van der Waals surface area contributed by atoms with Crippen molar-refractivity contribution in [1.82, 2.24) is 14.8 Å². The quantitative estimate of drug-likeness (QED) is 0.630. The van der Waals surface area contributed by atoms with Crippen LogP contribution in [0.2, 0.25) is 0 Å². The number of rotatable bonds is 6. The van der Waals surface area contributed by atoms with Gasteiger partial charge in [0.25, 0.3) is 0 Å². The van der Waals surface area contributed by atoms with Crippen LogP contribution in [-0.4, -0.2) is 49.0 Å². The Morgan fingerprint density at radius 1 is 1.07 bits per heavy atom. The lowest BCUT2D eigenvalue weighted by Crippen LogP contribution is -2.40. The summed E-state index contributed by atoms with van der Waals surface area (Å²) in [5.74, 6) is -0.927. The zero-order valence-electron chi connectivity index (χ0n) is 17.1. The van der Waals surface area contributed by atoms with Crippen LogP contribution in [0.1, 0.15) is 11.6 Å². The lowest BCUT2D eigenvalue weighted by molar-refractivity contribution is -0.136. The molecule has 0 saturated heterocycles. The van der Waals surface area contributed by atoms with Gasteiger partial charge in [-0.3, -0.25) is 9.59 Å². The number of ether oxygens (including phenoxy) is 1. The highest BCUT2D eigenvalue weighted by molar-refractivity contribution is 6.39. The van der Waals surface area contributed by atoms with Gasteiger partial charge in [0.1, 0.15) is 5.75 Å². The van der Waals surface area contributed by atoms with Crippen LogP contribution in [-0.2, 0) is 16.6 Å². The molecule has 7 nitrogen and oxygen atoms in total. The molecule has 0 bridgehead atoms. The molecule has 1 aromatic heterocycles. The third-order valence-corrected chi connectivity index (χ3v) is 4.93. The van der Waals surface area contributed by atoms with E-state index in [-0.39, 0.29) is 6.04 Å². The van der Waals surface area contributed by atoms with E-state index in [2.05, 4.69) is 33.5 Å². The number of nitrogens with one attached hydrogen (secondary N) is 2. The number of anilines is 1. The molecule has 0 aliphatic heterocycles. The number of hydrogen-bond donors (Lipinski definition) is 2. The van der Waals surface area contributed by atoms with Gasteiger partial charge >= 0.3 is 11.8 Å². The Morgan fingerprint density at radius 3 is 2.48 bits per heavy atom. The van der Waals surface area contributed by atoms with Crippen molar-refractivity contribution < 1.29 is 14.3 Å². The Bertz CT molecular complexity index is 1030. The number of fused-ring (bicyclic) bond motifs is 1. The number of carbonyl (C=O) groups excluding carboxylic acids is 2. The first-order valence-electron chi connectivity index (χ1n) is 9.35. The fraction of sp³-hybridized carbons (Fsp3) is 0.273. The van der Waals surface area contributed by atoms with E-state index in [0.29, 0.717) is 18.0 Å². The largest absolute Gasteiger partial charge is 0.495 e. The highest BCUT2D eigenvalue weighted by atomic mass is 16.5. The van der Waals surface area contributed by atoms with Crippen LogP contribution in [0.3, 0.4) is 0 Å². The molecule has 3 rings (SSSR count). The number of likely N-dealkylation sites (N-methyl/N-ethyl adjacent to an activating group) is 1. The predicted octanol–water partition coefficient (Wildman–Crippen LogP) is 2.54. The van der Waals surface area contributed by atoms with Crippen LogP contribution < -0.4 is 15.4 Å². The Morgan fingerprint density at radius 2 is 1.76 bits per heavy atom. The first kappa shape index (κ1) is 20.4. The molecular formula is C22H26N4O3. The monoisotopic (exact) mass is 394 g/mol. The van der Waals surface area contributed by atoms with Crippen molar-refractivity contribution in [2.45, 2.75) is 6.04 Å². The second kappa shape index (κ2) is 8.79. The standard InChI is InChI=1S/C22H26N4O3/c1-25(2)19(16-14-26(3)18-11-7-5-9-15(16)18)13-23-21(27)22(28)24-17-10-6-8-12-20(17)29-4/h5-12,14,19H,13H2,1-4H3,(H,23,27)(H,24,28). The fourth-order valence-electron chi connectivity index (χ4n) is 3.41. The summed E-state index contributed by atoms with van der Waals surface area (Å²) < 4.78 is 7.27. The molecule has 152 valence electrons. The molecule has 3 aromatic rings. The van der Waals surface area contributed by atoms with Gasteiger partial charge in [0.2, 0.25) is 0 Å². The Balaban J connectivity index is 1.72. The molecule has 0 spiro atoms. The summed E-state index contributed by atoms with van der Waals surface area (Å²) in [5.41, 5.74) is 2.67. The molecule has 2 aromatic carbocycles. The van der Waals surface area contributed by atoms with Crippen molar-refractivity contribution in [1.29, 1.82) is 0 Å². The van der Waals surface area contributed by atoms with Crippen molar-refractivity contribution >= 4 is 28.4 Å². The van der Waals surface area contributed by atoms with Crippen LogP contribution in [0, 0.1) is 0 Å². The third-order valence-electron chi connectivity index (χ3n) is 4.93. The average Bonchev–Trinajstić information content (AvgIpc) is 3.05. The maximum atomic E-state index is 12.4.